The van der Waals surface area contributed by atoms with Gasteiger partial charge in [0.1, 0.15) is 13.1 Å². The Hall–Kier alpha value is -2.64. The van der Waals surface area contributed by atoms with Crippen molar-refractivity contribution >= 4 is 5.91 Å². The molecule has 1 N–H and O–H groups in total. The monoisotopic (exact) mass is 311 g/mol. The van der Waals surface area contributed by atoms with Gasteiger partial charge in [0.05, 0.1) is 5.69 Å². The third-order valence-electron chi connectivity index (χ3n) is 2.72. The van der Waals surface area contributed by atoms with Gasteiger partial charge in [-0.05, 0) is 6.07 Å². The smallest absolute Gasteiger partial charge is 0.345 e. The lowest BCUT2D eigenvalue weighted by molar-refractivity contribution is -0.138. The number of benzene rings is 1. The minimum Gasteiger partial charge on any atom is -0.345 e. The van der Waals surface area contributed by atoms with Crippen molar-refractivity contribution in [3.05, 3.63) is 52.8 Å². The third-order valence-corrected chi connectivity index (χ3v) is 2.72. The molecule has 0 bridgehead atoms. The molecule has 0 aliphatic rings. The van der Waals surface area contributed by atoms with E-state index in [0.717, 1.165) is 10.2 Å². The Balaban J connectivity index is 2.14. The molecule has 2 rings (SSSR count). The molecular formula is C14H12F3N3O2. The van der Waals surface area contributed by atoms with Gasteiger partial charge in [-0.2, -0.15) is 18.3 Å². The van der Waals surface area contributed by atoms with E-state index in [4.69, 9.17) is 0 Å². The van der Waals surface area contributed by atoms with Crippen LogP contribution in [0.3, 0.4) is 0 Å². The predicted octanol–water partition coefficient (Wildman–Crippen LogP) is 1.59. The van der Waals surface area contributed by atoms with Crippen LogP contribution in [0.15, 0.2) is 47.3 Å². The zero-order valence-corrected chi connectivity index (χ0v) is 11.3. The molecule has 2 aromatic rings. The third kappa shape index (κ3) is 4.44. The van der Waals surface area contributed by atoms with Crippen LogP contribution in [-0.2, 0) is 11.3 Å². The number of hydrogen-bond acceptors (Lipinski definition) is 3. The minimum atomic E-state index is -4.50. The lowest BCUT2D eigenvalue weighted by Crippen LogP contribution is -2.38. The first-order chi connectivity index (χ1) is 10.3. The Kier molecular flexibility index (Phi) is 4.59. The number of rotatable bonds is 4. The molecule has 1 amide bonds. The van der Waals surface area contributed by atoms with E-state index in [9.17, 15) is 22.8 Å². The first-order valence-corrected chi connectivity index (χ1v) is 6.32. The number of hydrogen-bond donors (Lipinski definition) is 1. The summed E-state index contributed by atoms with van der Waals surface area (Å²) in [5, 5.41) is 5.68. The number of alkyl halides is 3. The maximum Gasteiger partial charge on any atom is 0.405 e. The highest BCUT2D eigenvalue weighted by molar-refractivity contribution is 5.75. The molecule has 1 aromatic heterocycles. The van der Waals surface area contributed by atoms with Crippen molar-refractivity contribution in [2.75, 3.05) is 6.54 Å². The molecule has 0 atom stereocenters. The van der Waals surface area contributed by atoms with Gasteiger partial charge >= 0.3 is 6.18 Å². The van der Waals surface area contributed by atoms with Crippen molar-refractivity contribution < 1.29 is 18.0 Å². The number of aromatic nitrogens is 2. The topological polar surface area (TPSA) is 64.0 Å². The lowest BCUT2D eigenvalue weighted by atomic mass is 10.1. The van der Waals surface area contributed by atoms with E-state index >= 15 is 0 Å². The Bertz CT molecular complexity index is 711. The van der Waals surface area contributed by atoms with Crippen molar-refractivity contribution in [3.63, 3.8) is 0 Å². The van der Waals surface area contributed by atoms with Crippen molar-refractivity contribution in [1.82, 2.24) is 15.1 Å². The Labute approximate surface area is 123 Å². The summed E-state index contributed by atoms with van der Waals surface area (Å²) in [5.74, 6) is -0.933. The van der Waals surface area contributed by atoms with Gasteiger partial charge in [-0.15, -0.1) is 0 Å². The van der Waals surface area contributed by atoms with Crippen molar-refractivity contribution in [3.8, 4) is 11.3 Å². The average molecular weight is 311 g/mol. The minimum absolute atomic E-state index is 0.448. The first-order valence-electron chi connectivity index (χ1n) is 6.32. The van der Waals surface area contributed by atoms with Gasteiger partial charge in [0, 0.05) is 11.6 Å². The molecule has 0 radical (unpaired) electrons. The fraction of sp³-hybridized carbons (Fsp3) is 0.214. The molecule has 116 valence electrons. The summed E-state index contributed by atoms with van der Waals surface area (Å²) in [5.41, 5.74) is 0.609. The zero-order chi connectivity index (χ0) is 16.2. The van der Waals surface area contributed by atoms with Crippen LogP contribution in [0.4, 0.5) is 13.2 Å². The fourth-order valence-corrected chi connectivity index (χ4v) is 1.72. The molecule has 0 unspecified atom stereocenters. The normalized spacial score (nSPS) is 11.2. The average Bonchev–Trinajstić information content (AvgIpc) is 2.48. The Morgan fingerprint density at radius 1 is 1.14 bits per heavy atom. The largest absolute Gasteiger partial charge is 0.405 e. The second-order valence-electron chi connectivity index (χ2n) is 4.47. The van der Waals surface area contributed by atoms with Gasteiger partial charge in [-0.25, -0.2) is 4.68 Å². The van der Waals surface area contributed by atoms with Gasteiger partial charge in [0.15, 0.2) is 0 Å². The lowest BCUT2D eigenvalue weighted by Gasteiger charge is -2.10. The van der Waals surface area contributed by atoms with Crippen molar-refractivity contribution in [1.29, 1.82) is 0 Å². The van der Waals surface area contributed by atoms with Gasteiger partial charge in [0.25, 0.3) is 5.56 Å². The number of amides is 1. The summed E-state index contributed by atoms with van der Waals surface area (Å²) >= 11 is 0. The van der Waals surface area contributed by atoms with E-state index in [2.05, 4.69) is 5.10 Å². The second-order valence-corrected chi connectivity index (χ2v) is 4.47. The van der Waals surface area contributed by atoms with Gasteiger partial charge in [-0.3, -0.25) is 9.59 Å². The highest BCUT2D eigenvalue weighted by Crippen LogP contribution is 2.14. The second kappa shape index (κ2) is 6.42. The molecule has 22 heavy (non-hydrogen) atoms. The van der Waals surface area contributed by atoms with Gasteiger partial charge < -0.3 is 5.32 Å². The molecule has 0 saturated carbocycles. The first kappa shape index (κ1) is 15.7. The highest BCUT2D eigenvalue weighted by atomic mass is 19.4. The Morgan fingerprint density at radius 3 is 2.45 bits per heavy atom. The maximum atomic E-state index is 12.0. The molecule has 8 heteroatoms. The molecule has 0 saturated heterocycles. The summed E-state index contributed by atoms with van der Waals surface area (Å²) in [6, 6.07) is 11.6. The summed E-state index contributed by atoms with van der Waals surface area (Å²) in [4.78, 5) is 23.1. The molecule has 0 spiro atoms. The number of nitrogens with zero attached hydrogens (tertiary/aromatic N) is 2. The van der Waals surface area contributed by atoms with E-state index in [-0.39, 0.29) is 0 Å². The van der Waals surface area contributed by atoms with Crippen LogP contribution in [0.5, 0.6) is 0 Å². The van der Waals surface area contributed by atoms with Crippen LogP contribution in [0, 0.1) is 0 Å². The molecule has 0 fully saturated rings. The van der Waals surface area contributed by atoms with Gasteiger partial charge in [0.2, 0.25) is 5.91 Å². The van der Waals surface area contributed by atoms with Crippen LogP contribution in [-0.4, -0.2) is 28.4 Å². The number of carbonyl (C=O) groups is 1. The molecule has 5 nitrogen and oxygen atoms in total. The van der Waals surface area contributed by atoms with Crippen LogP contribution in [0.2, 0.25) is 0 Å². The number of nitrogens with one attached hydrogen (secondary N) is 1. The van der Waals surface area contributed by atoms with E-state index in [1.54, 1.807) is 29.6 Å². The van der Waals surface area contributed by atoms with Crippen molar-refractivity contribution in [2.24, 2.45) is 0 Å². The standard InChI is InChI=1S/C14H12F3N3O2/c15-14(16,17)9-18-12(21)8-20-13(22)7-6-11(19-20)10-4-2-1-3-5-10/h1-7H,8-9H2,(H,18,21). The van der Waals surface area contributed by atoms with Crippen LogP contribution < -0.4 is 10.9 Å². The SMILES string of the molecule is O=C(Cn1nc(-c2ccccc2)ccc1=O)NCC(F)(F)F. The summed E-state index contributed by atoms with van der Waals surface area (Å²) in [6.45, 7) is -2.02. The Morgan fingerprint density at radius 2 is 1.82 bits per heavy atom. The maximum absolute atomic E-state index is 12.0. The predicted molar refractivity (Wildman–Crippen MR) is 73.0 cm³/mol. The van der Waals surface area contributed by atoms with E-state index in [0.29, 0.717) is 5.69 Å². The van der Waals surface area contributed by atoms with Crippen LogP contribution in [0.1, 0.15) is 0 Å². The molecule has 1 aromatic carbocycles. The quantitative estimate of drug-likeness (QED) is 0.932. The number of halogens is 3. The molecule has 0 aliphatic heterocycles. The van der Waals surface area contributed by atoms with Crippen molar-refractivity contribution in [2.45, 2.75) is 12.7 Å². The van der Waals surface area contributed by atoms with Crippen LogP contribution in [0.25, 0.3) is 11.3 Å². The van der Waals surface area contributed by atoms with E-state index in [1.165, 1.54) is 12.1 Å². The molecular weight excluding hydrogens is 299 g/mol. The van der Waals surface area contributed by atoms with E-state index in [1.807, 2.05) is 6.07 Å². The number of carbonyl (C=O) groups excluding carboxylic acids is 1. The highest BCUT2D eigenvalue weighted by Gasteiger charge is 2.27. The molecule has 1 heterocycles. The summed E-state index contributed by atoms with van der Waals surface area (Å²) in [7, 11) is 0. The molecule has 0 aliphatic carbocycles. The van der Waals surface area contributed by atoms with Gasteiger partial charge in [-0.1, -0.05) is 30.3 Å². The van der Waals surface area contributed by atoms with E-state index < -0.39 is 30.7 Å². The van der Waals surface area contributed by atoms with Crippen LogP contribution >= 0.6 is 0 Å². The fourth-order valence-electron chi connectivity index (χ4n) is 1.72. The summed E-state index contributed by atoms with van der Waals surface area (Å²) < 4.78 is 36.9. The summed E-state index contributed by atoms with van der Waals surface area (Å²) in [6.07, 6.45) is -4.50. The zero-order valence-electron chi connectivity index (χ0n) is 11.3.